The molecule has 1 saturated heterocycles. The summed E-state index contributed by atoms with van der Waals surface area (Å²) in [7, 11) is 0. The van der Waals surface area contributed by atoms with Crippen molar-refractivity contribution in [3.8, 4) is 12.3 Å². The first-order valence-corrected chi connectivity index (χ1v) is 4.49. The number of ether oxygens (including phenoxy) is 2. The molecule has 72 valence electrons. The van der Waals surface area contributed by atoms with Crippen molar-refractivity contribution in [3.05, 3.63) is 11.8 Å². The zero-order valence-corrected chi connectivity index (χ0v) is 8.68. The summed E-state index contributed by atoms with van der Waals surface area (Å²) in [5, 5.41) is 0. The minimum absolute atomic E-state index is 0.406. The first-order chi connectivity index (χ1) is 5.93. The van der Waals surface area contributed by atoms with Gasteiger partial charge in [0.25, 0.3) is 0 Å². The van der Waals surface area contributed by atoms with Gasteiger partial charge in [0.15, 0.2) is 0 Å². The van der Waals surface area contributed by atoms with E-state index in [1.807, 2.05) is 27.7 Å². The summed E-state index contributed by atoms with van der Waals surface area (Å²) in [5.41, 5.74) is -0.406. The molecule has 2 nitrogen and oxygen atoms in total. The average Bonchev–Trinajstić information content (AvgIpc) is 2.24. The number of rotatable bonds is 1. The van der Waals surface area contributed by atoms with Crippen LogP contribution in [-0.2, 0) is 9.47 Å². The fourth-order valence-corrected chi connectivity index (χ4v) is 1.39. The summed E-state index contributed by atoms with van der Waals surface area (Å²) in [6.45, 7) is 7.86. The molecule has 0 N–H and O–H groups in total. The maximum atomic E-state index is 5.76. The topological polar surface area (TPSA) is 18.5 Å². The quantitative estimate of drug-likeness (QED) is 0.577. The Morgan fingerprint density at radius 3 is 2.46 bits per heavy atom. The van der Waals surface area contributed by atoms with E-state index in [1.54, 1.807) is 6.08 Å². The molecule has 1 fully saturated rings. The van der Waals surface area contributed by atoms with Gasteiger partial charge in [-0.1, -0.05) is 12.8 Å². The van der Waals surface area contributed by atoms with Gasteiger partial charge in [-0.25, -0.2) is 0 Å². The van der Waals surface area contributed by atoms with E-state index in [2.05, 4.69) is 5.92 Å². The first kappa shape index (κ1) is 10.1. The lowest BCUT2D eigenvalue weighted by Crippen LogP contribution is -2.29. The van der Waals surface area contributed by atoms with Crippen LogP contribution in [0.2, 0.25) is 0 Å². The Morgan fingerprint density at radius 1 is 1.46 bits per heavy atom. The second-order valence-electron chi connectivity index (χ2n) is 3.88. The van der Waals surface area contributed by atoms with E-state index < -0.39 is 11.4 Å². The molecule has 13 heavy (non-hydrogen) atoms. The van der Waals surface area contributed by atoms with Gasteiger partial charge in [-0.05, 0) is 13.8 Å². The molecule has 0 aliphatic carbocycles. The van der Waals surface area contributed by atoms with E-state index in [9.17, 15) is 0 Å². The van der Waals surface area contributed by atoms with E-state index in [1.165, 1.54) is 0 Å². The van der Waals surface area contributed by atoms with Gasteiger partial charge in [0, 0.05) is 19.4 Å². The van der Waals surface area contributed by atoms with Crippen molar-refractivity contribution >= 4 is 0 Å². The van der Waals surface area contributed by atoms with Crippen LogP contribution in [0.4, 0.5) is 0 Å². The van der Waals surface area contributed by atoms with Gasteiger partial charge in [0.05, 0.1) is 0 Å². The summed E-state index contributed by atoms with van der Waals surface area (Å²) in [4.78, 5) is 0. The average molecular weight is 180 g/mol. The predicted molar refractivity (Wildman–Crippen MR) is 51.9 cm³/mol. The largest absolute Gasteiger partial charge is 0.463 e. The summed E-state index contributed by atoms with van der Waals surface area (Å²) >= 11 is 0. The van der Waals surface area contributed by atoms with Crippen LogP contribution < -0.4 is 0 Å². The zero-order chi connectivity index (χ0) is 10.1. The third kappa shape index (κ3) is 1.87. The maximum Gasteiger partial charge on any atom is 0.208 e. The van der Waals surface area contributed by atoms with Crippen molar-refractivity contribution in [3.63, 3.8) is 0 Å². The van der Waals surface area contributed by atoms with Gasteiger partial charge in [0.1, 0.15) is 11.4 Å². The Balaban J connectivity index is 2.94. The molecule has 1 atom stereocenters. The zero-order valence-electron chi connectivity index (χ0n) is 8.68. The maximum absolute atomic E-state index is 5.76. The highest BCUT2D eigenvalue weighted by atomic mass is 16.8. The molecule has 1 aliphatic heterocycles. The molecule has 0 saturated carbocycles. The number of hydrogen-bond donors (Lipinski definition) is 0. The molecule has 0 aromatic carbocycles. The fourth-order valence-electron chi connectivity index (χ4n) is 1.39. The van der Waals surface area contributed by atoms with Crippen molar-refractivity contribution in [1.29, 1.82) is 0 Å². The summed E-state index contributed by atoms with van der Waals surface area (Å²) in [6, 6.07) is 0. The van der Waals surface area contributed by atoms with Crippen molar-refractivity contribution in [2.24, 2.45) is 0 Å². The molecular weight excluding hydrogens is 164 g/mol. The molecule has 0 radical (unpaired) electrons. The molecule has 1 unspecified atom stereocenters. The van der Waals surface area contributed by atoms with Crippen LogP contribution in [0.3, 0.4) is 0 Å². The fraction of sp³-hybridized carbons (Fsp3) is 0.636. The molecular formula is C11H16O2. The molecule has 0 aromatic rings. The SMILES string of the molecule is C#C/C=C1/OC(C)(CC)OC1(C)C. The molecule has 1 rings (SSSR count). The lowest BCUT2D eigenvalue weighted by atomic mass is 10.1. The standard InChI is InChI=1S/C11H16O2/c1-6-8-9-10(3,4)13-11(5,7-2)12-9/h1,8H,7H2,2-5H3/b9-8+. The second-order valence-corrected chi connectivity index (χ2v) is 3.88. The summed E-state index contributed by atoms with van der Waals surface area (Å²) in [5.74, 6) is 2.67. The molecule has 1 aliphatic rings. The predicted octanol–water partition coefficient (Wildman–Crippen LogP) is 2.46. The highest BCUT2D eigenvalue weighted by Crippen LogP contribution is 2.40. The van der Waals surface area contributed by atoms with Gasteiger partial charge < -0.3 is 9.47 Å². The Morgan fingerprint density at radius 2 is 2.08 bits per heavy atom. The Kier molecular flexibility index (Phi) is 2.40. The smallest absolute Gasteiger partial charge is 0.208 e. The van der Waals surface area contributed by atoms with E-state index in [4.69, 9.17) is 15.9 Å². The van der Waals surface area contributed by atoms with Crippen molar-refractivity contribution < 1.29 is 9.47 Å². The van der Waals surface area contributed by atoms with Crippen LogP contribution in [0, 0.1) is 12.3 Å². The highest BCUT2D eigenvalue weighted by molar-refractivity contribution is 5.22. The Labute approximate surface area is 79.9 Å². The number of terminal acetylenes is 1. The van der Waals surface area contributed by atoms with Crippen LogP contribution in [0.1, 0.15) is 34.1 Å². The van der Waals surface area contributed by atoms with Crippen LogP contribution in [-0.4, -0.2) is 11.4 Å². The summed E-state index contributed by atoms with van der Waals surface area (Å²) < 4.78 is 11.4. The van der Waals surface area contributed by atoms with Gasteiger partial charge in [-0.3, -0.25) is 0 Å². The molecule has 1 heterocycles. The van der Waals surface area contributed by atoms with Crippen molar-refractivity contribution in [2.75, 3.05) is 0 Å². The van der Waals surface area contributed by atoms with E-state index in [-0.39, 0.29) is 0 Å². The Hall–Kier alpha value is -0.940. The monoisotopic (exact) mass is 180 g/mol. The van der Waals surface area contributed by atoms with Crippen LogP contribution in [0.25, 0.3) is 0 Å². The normalized spacial score (nSPS) is 34.2. The molecule has 0 aromatic heterocycles. The van der Waals surface area contributed by atoms with Gasteiger partial charge in [-0.2, -0.15) is 0 Å². The molecule has 0 bridgehead atoms. The second kappa shape index (κ2) is 3.08. The third-order valence-electron chi connectivity index (χ3n) is 2.25. The first-order valence-electron chi connectivity index (χ1n) is 4.49. The Bertz CT molecular complexity index is 270. The molecule has 0 amide bonds. The number of allylic oxidation sites excluding steroid dienone is 1. The van der Waals surface area contributed by atoms with E-state index >= 15 is 0 Å². The third-order valence-corrected chi connectivity index (χ3v) is 2.25. The van der Waals surface area contributed by atoms with Crippen LogP contribution in [0.15, 0.2) is 11.8 Å². The number of hydrogen-bond acceptors (Lipinski definition) is 2. The van der Waals surface area contributed by atoms with Gasteiger partial charge in [0.2, 0.25) is 5.79 Å². The van der Waals surface area contributed by atoms with Crippen molar-refractivity contribution in [2.45, 2.75) is 45.5 Å². The summed E-state index contributed by atoms with van der Waals surface area (Å²) in [6.07, 6.45) is 7.63. The van der Waals surface area contributed by atoms with E-state index in [0.29, 0.717) is 0 Å². The molecule has 2 heteroatoms. The van der Waals surface area contributed by atoms with Gasteiger partial charge in [-0.15, -0.1) is 6.42 Å². The van der Waals surface area contributed by atoms with Crippen LogP contribution in [0.5, 0.6) is 0 Å². The lowest BCUT2D eigenvalue weighted by Gasteiger charge is -2.22. The molecule has 0 spiro atoms. The minimum Gasteiger partial charge on any atom is -0.463 e. The minimum atomic E-state index is -0.522. The van der Waals surface area contributed by atoms with Gasteiger partial charge >= 0.3 is 0 Å². The van der Waals surface area contributed by atoms with Crippen molar-refractivity contribution in [1.82, 2.24) is 0 Å². The van der Waals surface area contributed by atoms with Crippen LogP contribution >= 0.6 is 0 Å². The highest BCUT2D eigenvalue weighted by Gasteiger charge is 2.45. The lowest BCUT2D eigenvalue weighted by molar-refractivity contribution is -0.166. The van der Waals surface area contributed by atoms with E-state index in [0.717, 1.165) is 12.2 Å².